The normalized spacial score (nSPS) is 24.3. The third-order valence-electron chi connectivity index (χ3n) is 18.0. The molecule has 2 N–H and O–H groups in total. The third kappa shape index (κ3) is 11.1. The van der Waals surface area contributed by atoms with E-state index in [-0.39, 0.29) is 58.2 Å². The molecule has 5 amide bonds. The van der Waals surface area contributed by atoms with Gasteiger partial charge >= 0.3 is 0 Å². The Bertz CT molecular complexity index is 2850. The minimum absolute atomic E-state index is 0.00253. The molecule has 6 heterocycles. The maximum Gasteiger partial charge on any atom is 0.272 e. The SMILES string of the molecule is O=C(N[C@@H](C(=O)N1CC2CCC1CC2CN1CCN(CC(=O)N2CCN(C(=O)c3cc(Cc4n[nH]c(=O)c5ccccc45)ccc3F)CC2)CC1)C1CCCCC1)c1cccc(C2CCCN(C(=O)C3CC3)C2)c1F. The molecule has 15 nitrogen and oxygen atoms in total. The van der Waals surface area contributed by atoms with Crippen molar-refractivity contribution < 1.29 is 32.8 Å². The number of carbonyl (C=O) groups excluding carboxylic acids is 5. The zero-order chi connectivity index (χ0) is 51.7. The average Bonchev–Trinajstić information content (AvgIpc) is 4.31. The van der Waals surface area contributed by atoms with Crippen LogP contribution in [-0.2, 0) is 20.8 Å². The van der Waals surface area contributed by atoms with Crippen molar-refractivity contribution in [2.75, 3.05) is 85.1 Å². The third-order valence-corrected chi connectivity index (χ3v) is 18.0. The highest BCUT2D eigenvalue weighted by Crippen LogP contribution is 2.42. The predicted molar refractivity (Wildman–Crippen MR) is 279 cm³/mol. The molecule has 0 spiro atoms. The van der Waals surface area contributed by atoms with Gasteiger partial charge in [-0.3, -0.25) is 33.7 Å². The van der Waals surface area contributed by atoms with Crippen LogP contribution in [0, 0.1) is 35.3 Å². The Morgan fingerprint density at radius 1 is 0.707 bits per heavy atom. The summed E-state index contributed by atoms with van der Waals surface area (Å²) in [7, 11) is 0. The van der Waals surface area contributed by atoms with Crippen LogP contribution in [-0.4, -0.2) is 166 Å². The minimum atomic E-state index is -0.712. The lowest BCUT2D eigenvalue weighted by atomic mass is 9.71. The molecule has 3 saturated carbocycles. The number of aromatic amines is 1. The fraction of sp³-hybridized carbons (Fsp3) is 0.569. The van der Waals surface area contributed by atoms with Crippen LogP contribution in [0.1, 0.15) is 121 Å². The van der Waals surface area contributed by atoms with Gasteiger partial charge in [-0.15, -0.1) is 0 Å². The monoisotopic (exact) mass is 1030 g/mol. The van der Waals surface area contributed by atoms with Crippen LogP contribution in [0.5, 0.6) is 0 Å². The van der Waals surface area contributed by atoms with Gasteiger partial charge < -0.3 is 29.8 Å². The average molecular weight is 1030 g/mol. The number of piperidine rings is 3. The second-order valence-electron chi connectivity index (χ2n) is 22.7. The summed E-state index contributed by atoms with van der Waals surface area (Å²) in [6, 6.07) is 16.0. The summed E-state index contributed by atoms with van der Waals surface area (Å²) in [6.45, 7) is 7.62. The molecular weight excluding hydrogens is 957 g/mol. The molecule has 4 aromatic rings. The van der Waals surface area contributed by atoms with Crippen molar-refractivity contribution in [1.29, 1.82) is 0 Å². The molecule has 3 aliphatic carbocycles. The van der Waals surface area contributed by atoms with Crippen molar-refractivity contribution in [1.82, 2.24) is 44.9 Å². The molecular formula is C58H71F2N9O6. The number of benzene rings is 3. The first kappa shape index (κ1) is 51.1. The second kappa shape index (κ2) is 22.3. The Morgan fingerprint density at radius 3 is 2.20 bits per heavy atom. The van der Waals surface area contributed by atoms with Crippen LogP contribution in [0.3, 0.4) is 0 Å². The molecule has 8 fully saturated rings. The van der Waals surface area contributed by atoms with Crippen LogP contribution in [0.4, 0.5) is 8.78 Å². The second-order valence-corrected chi connectivity index (χ2v) is 22.7. The number of halogens is 2. The van der Waals surface area contributed by atoms with Crippen molar-refractivity contribution in [3.8, 4) is 0 Å². The van der Waals surface area contributed by atoms with Gasteiger partial charge in [0.1, 0.15) is 17.7 Å². The number of amides is 5. The summed E-state index contributed by atoms with van der Waals surface area (Å²) in [6.07, 6.45) is 11.4. The number of aromatic nitrogens is 2. The number of nitrogens with zero attached hydrogens (tertiary/aromatic N) is 7. The first-order valence-corrected chi connectivity index (χ1v) is 27.9. The van der Waals surface area contributed by atoms with E-state index in [1.165, 1.54) is 12.1 Å². The maximum atomic E-state index is 16.4. The largest absolute Gasteiger partial charge is 0.342 e. The van der Waals surface area contributed by atoms with E-state index < -0.39 is 29.5 Å². The number of nitrogens with one attached hydrogen (secondary N) is 2. The fourth-order valence-corrected chi connectivity index (χ4v) is 13.5. The highest BCUT2D eigenvalue weighted by atomic mass is 19.1. The van der Waals surface area contributed by atoms with E-state index >= 15 is 8.78 Å². The lowest BCUT2D eigenvalue weighted by molar-refractivity contribution is -0.145. The smallest absolute Gasteiger partial charge is 0.272 e. The van der Waals surface area contributed by atoms with Gasteiger partial charge in [-0.2, -0.15) is 5.10 Å². The highest BCUT2D eigenvalue weighted by molar-refractivity contribution is 5.98. The summed E-state index contributed by atoms with van der Waals surface area (Å²) in [5, 5.41) is 11.1. The Labute approximate surface area is 437 Å². The molecule has 5 saturated heterocycles. The van der Waals surface area contributed by atoms with Gasteiger partial charge in [0.15, 0.2) is 0 Å². The van der Waals surface area contributed by atoms with E-state index in [1.54, 1.807) is 46.2 Å². The summed E-state index contributed by atoms with van der Waals surface area (Å²) >= 11 is 0. The molecule has 75 heavy (non-hydrogen) atoms. The van der Waals surface area contributed by atoms with Crippen LogP contribution < -0.4 is 10.9 Å². The molecule has 5 atom stereocenters. The molecule has 17 heteroatoms. The van der Waals surface area contributed by atoms with Crippen molar-refractivity contribution >= 4 is 40.3 Å². The molecule has 3 aromatic carbocycles. The van der Waals surface area contributed by atoms with Crippen LogP contribution in [0.2, 0.25) is 0 Å². The van der Waals surface area contributed by atoms with E-state index in [4.69, 9.17) is 0 Å². The van der Waals surface area contributed by atoms with E-state index in [0.717, 1.165) is 110 Å². The minimum Gasteiger partial charge on any atom is -0.342 e. The molecule has 5 aliphatic heterocycles. The van der Waals surface area contributed by atoms with Gasteiger partial charge in [-0.25, -0.2) is 13.9 Å². The van der Waals surface area contributed by atoms with Crippen molar-refractivity contribution in [3.63, 3.8) is 0 Å². The molecule has 1 aromatic heterocycles. The molecule has 0 radical (unpaired) electrons. The zero-order valence-electron chi connectivity index (χ0n) is 43.0. The molecule has 398 valence electrons. The molecule has 2 bridgehead atoms. The first-order chi connectivity index (χ1) is 36.4. The Kier molecular flexibility index (Phi) is 15.2. The number of piperazine rings is 2. The van der Waals surface area contributed by atoms with Gasteiger partial charge in [-0.1, -0.05) is 55.7 Å². The Morgan fingerprint density at radius 2 is 1.45 bits per heavy atom. The number of hydrogen-bond acceptors (Lipinski definition) is 9. The molecule has 4 unspecified atom stereocenters. The Hall–Kier alpha value is -6.07. The standard InChI is InChI=1S/C58H71F2N9O6/c59-49-20-15-37(31-50-45-11-4-5-12-46(45)55(72)63-62-50)30-48(49)57(74)67-28-26-66(27-29-67)51(70)36-65-24-22-64(23-25-65)33-42-32-43-19-18-40(42)35-69(43)58(75)53(38-8-2-1-3-9-38)61-54(71)47-14-6-13-44(52(47)60)41-10-7-21-68(34-41)56(73)39-16-17-39/h4-6,11-15,20,30,38-43,53H,1-3,7-10,16-19,21-29,31-36H2,(H,61,71)(H,63,72)/t40?,41?,42?,43?,53-/m1/s1. The number of likely N-dealkylation sites (tertiary alicyclic amines) is 1. The lowest BCUT2D eigenvalue weighted by Gasteiger charge is -2.52. The van der Waals surface area contributed by atoms with Gasteiger partial charge in [0.25, 0.3) is 17.4 Å². The van der Waals surface area contributed by atoms with E-state index in [2.05, 4.69) is 30.2 Å². The topological polar surface area (TPSA) is 163 Å². The van der Waals surface area contributed by atoms with Crippen molar-refractivity contribution in [2.45, 2.75) is 101 Å². The highest BCUT2D eigenvalue weighted by Gasteiger charge is 2.46. The first-order valence-electron chi connectivity index (χ1n) is 27.9. The van der Waals surface area contributed by atoms with Gasteiger partial charge in [0.2, 0.25) is 17.7 Å². The lowest BCUT2D eigenvalue weighted by Crippen LogP contribution is -2.62. The summed E-state index contributed by atoms with van der Waals surface area (Å²) in [5.74, 6) is -1.23. The van der Waals surface area contributed by atoms with Crippen molar-refractivity contribution in [2.24, 2.45) is 23.7 Å². The summed E-state index contributed by atoms with van der Waals surface area (Å²) in [5.41, 5.74) is 1.43. The van der Waals surface area contributed by atoms with E-state index in [9.17, 15) is 28.8 Å². The quantitative estimate of drug-likeness (QED) is 0.168. The van der Waals surface area contributed by atoms with E-state index in [1.807, 2.05) is 17.0 Å². The molecule has 12 rings (SSSR count). The predicted octanol–water partition coefficient (Wildman–Crippen LogP) is 5.82. The fourth-order valence-electron chi connectivity index (χ4n) is 13.5. The van der Waals surface area contributed by atoms with Crippen LogP contribution >= 0.6 is 0 Å². The maximum absolute atomic E-state index is 16.4. The Balaban J connectivity index is 0.645. The van der Waals surface area contributed by atoms with Crippen LogP contribution in [0.25, 0.3) is 10.8 Å². The number of carbonyl (C=O) groups is 5. The molecule has 8 aliphatic rings. The van der Waals surface area contributed by atoms with Crippen molar-refractivity contribution in [3.05, 3.63) is 111 Å². The van der Waals surface area contributed by atoms with E-state index in [0.29, 0.717) is 98.2 Å². The summed E-state index contributed by atoms with van der Waals surface area (Å²) < 4.78 is 31.6. The summed E-state index contributed by atoms with van der Waals surface area (Å²) in [4.78, 5) is 93.4. The van der Waals surface area contributed by atoms with Gasteiger partial charge in [0.05, 0.1) is 28.8 Å². The van der Waals surface area contributed by atoms with Crippen LogP contribution in [0.15, 0.2) is 65.5 Å². The number of H-pyrrole nitrogens is 1. The zero-order valence-corrected chi connectivity index (χ0v) is 43.0. The number of rotatable bonds is 13. The van der Waals surface area contributed by atoms with Gasteiger partial charge in [-0.05, 0) is 111 Å². The number of fused-ring (bicyclic) bond motifs is 4. The van der Waals surface area contributed by atoms with Gasteiger partial charge in [0, 0.05) is 108 Å². The number of hydrogen-bond donors (Lipinski definition) is 2.